The predicted molar refractivity (Wildman–Crippen MR) is 112 cm³/mol. The van der Waals surface area contributed by atoms with Crippen molar-refractivity contribution in [1.29, 1.82) is 0 Å². The fourth-order valence-electron chi connectivity index (χ4n) is 2.44. The molecule has 1 N–H and O–H groups in total. The molecule has 26 heavy (non-hydrogen) atoms. The van der Waals surface area contributed by atoms with Gasteiger partial charge < -0.3 is 9.73 Å². The zero-order chi connectivity index (χ0) is 17.1. The van der Waals surface area contributed by atoms with Crippen LogP contribution in [0.15, 0.2) is 75.9 Å². The van der Waals surface area contributed by atoms with Crippen LogP contribution in [0.2, 0.25) is 0 Å². The van der Waals surface area contributed by atoms with E-state index in [1.54, 1.807) is 6.26 Å². The van der Waals surface area contributed by atoms with Crippen molar-refractivity contribution in [2.24, 2.45) is 0 Å². The van der Waals surface area contributed by atoms with Crippen LogP contribution in [0.4, 0.5) is 11.6 Å². The number of anilines is 2. The third kappa shape index (κ3) is 4.31. The lowest BCUT2D eigenvalue weighted by molar-refractivity contribution is 0.557. The molecule has 130 valence electrons. The number of nitrogens with zero attached hydrogens (tertiary/aromatic N) is 2. The second-order valence-electron chi connectivity index (χ2n) is 5.49. The summed E-state index contributed by atoms with van der Waals surface area (Å²) in [6.07, 6.45) is 7.42. The van der Waals surface area contributed by atoms with Crippen molar-refractivity contribution in [2.75, 3.05) is 5.32 Å². The number of hydrogen-bond acceptors (Lipinski definition) is 4. The maximum atomic E-state index is 5.28. The Bertz CT molecular complexity index is 1030. The zero-order valence-electron chi connectivity index (χ0n) is 13.6. The molecule has 0 bridgehead atoms. The van der Waals surface area contributed by atoms with Crippen LogP contribution in [0.5, 0.6) is 0 Å². The lowest BCUT2D eigenvalue weighted by atomic mass is 10.2. The van der Waals surface area contributed by atoms with Gasteiger partial charge in [-0.15, -0.1) is 12.4 Å². The molecule has 6 heteroatoms. The summed E-state index contributed by atoms with van der Waals surface area (Å²) in [4.78, 5) is 8.90. The minimum absolute atomic E-state index is 0. The number of aromatic nitrogens is 2. The molecule has 2 heterocycles. The van der Waals surface area contributed by atoms with E-state index < -0.39 is 0 Å². The number of fused-ring (bicyclic) bond motifs is 1. The molecule has 0 saturated heterocycles. The molecule has 0 aliphatic heterocycles. The summed E-state index contributed by atoms with van der Waals surface area (Å²) in [5.41, 5.74) is 2.93. The van der Waals surface area contributed by atoms with Gasteiger partial charge in [0.05, 0.1) is 11.8 Å². The Morgan fingerprint density at radius 3 is 2.62 bits per heavy atom. The number of hydrogen-bond donors (Lipinski definition) is 1. The topological polar surface area (TPSA) is 51.0 Å². The fraction of sp³-hybridized carbons (Fsp3) is 0. The normalized spacial score (nSPS) is 10.8. The monoisotopic (exact) mass is 427 g/mol. The smallest absolute Gasteiger partial charge is 0.227 e. The number of benzene rings is 2. The molecule has 2 aromatic carbocycles. The van der Waals surface area contributed by atoms with Crippen LogP contribution < -0.4 is 5.32 Å². The van der Waals surface area contributed by atoms with Gasteiger partial charge in [-0.25, -0.2) is 9.97 Å². The molecular formula is C20H15BrClN3O. The second-order valence-corrected chi connectivity index (χ2v) is 6.41. The van der Waals surface area contributed by atoms with E-state index in [2.05, 4.69) is 31.2 Å². The van der Waals surface area contributed by atoms with E-state index in [1.807, 2.05) is 72.9 Å². The van der Waals surface area contributed by atoms with E-state index in [4.69, 9.17) is 4.42 Å². The molecular weight excluding hydrogens is 414 g/mol. The van der Waals surface area contributed by atoms with Crippen molar-refractivity contribution >= 4 is 63.0 Å². The van der Waals surface area contributed by atoms with E-state index in [0.717, 1.165) is 32.4 Å². The maximum Gasteiger partial charge on any atom is 0.227 e. The van der Waals surface area contributed by atoms with Crippen molar-refractivity contribution < 1.29 is 4.42 Å². The standard InChI is InChI=1S/C20H14BrN3O.ClH/c21-16-6-10-19-15(12-16)13-22-20(24-19)23-17-7-3-14(4-8-17)5-9-18-2-1-11-25-18;/h1-13H,(H,22,23,24);1H/b9-5+;. The van der Waals surface area contributed by atoms with Crippen LogP contribution in [0, 0.1) is 0 Å². The number of nitrogens with one attached hydrogen (secondary N) is 1. The van der Waals surface area contributed by atoms with Crippen LogP contribution in [-0.2, 0) is 0 Å². The third-order valence-electron chi connectivity index (χ3n) is 3.69. The number of halogens is 2. The van der Waals surface area contributed by atoms with Crippen molar-refractivity contribution in [3.63, 3.8) is 0 Å². The molecule has 0 spiro atoms. The van der Waals surface area contributed by atoms with Gasteiger partial charge in [0.2, 0.25) is 5.95 Å². The zero-order valence-corrected chi connectivity index (χ0v) is 16.0. The quantitative estimate of drug-likeness (QED) is 0.413. The Labute approximate surface area is 165 Å². The fourth-order valence-corrected chi connectivity index (χ4v) is 2.81. The molecule has 4 rings (SSSR count). The Balaban J connectivity index is 0.00000196. The summed E-state index contributed by atoms with van der Waals surface area (Å²) in [6, 6.07) is 17.8. The third-order valence-corrected chi connectivity index (χ3v) is 4.19. The van der Waals surface area contributed by atoms with Crippen molar-refractivity contribution in [2.45, 2.75) is 0 Å². The molecule has 0 saturated carbocycles. The lowest BCUT2D eigenvalue weighted by Crippen LogP contribution is -1.96. The van der Waals surface area contributed by atoms with Crippen LogP contribution in [0.3, 0.4) is 0 Å². The van der Waals surface area contributed by atoms with Crippen LogP contribution in [0.25, 0.3) is 23.1 Å². The minimum atomic E-state index is 0. The molecule has 0 unspecified atom stereocenters. The lowest BCUT2D eigenvalue weighted by Gasteiger charge is -2.06. The number of furan rings is 1. The minimum Gasteiger partial charge on any atom is -0.465 e. The number of rotatable bonds is 4. The summed E-state index contributed by atoms with van der Waals surface area (Å²) < 4.78 is 6.30. The molecule has 4 aromatic rings. The van der Waals surface area contributed by atoms with Gasteiger partial charge in [-0.05, 0) is 54.1 Å². The SMILES string of the molecule is Brc1ccc2nc(Nc3ccc(/C=C/c4ccco4)cc3)ncc2c1.Cl. The summed E-state index contributed by atoms with van der Waals surface area (Å²) in [5, 5.41) is 4.23. The van der Waals surface area contributed by atoms with E-state index in [0.29, 0.717) is 5.95 Å². The van der Waals surface area contributed by atoms with Gasteiger partial charge in [-0.1, -0.05) is 34.1 Å². The van der Waals surface area contributed by atoms with Gasteiger partial charge >= 0.3 is 0 Å². The van der Waals surface area contributed by atoms with Crippen molar-refractivity contribution in [3.05, 3.63) is 82.9 Å². The molecule has 0 atom stereocenters. The van der Waals surface area contributed by atoms with Crippen LogP contribution >= 0.6 is 28.3 Å². The largest absolute Gasteiger partial charge is 0.465 e. The molecule has 0 aliphatic rings. The van der Waals surface area contributed by atoms with Gasteiger partial charge in [0.15, 0.2) is 0 Å². The maximum absolute atomic E-state index is 5.28. The van der Waals surface area contributed by atoms with Crippen molar-refractivity contribution in [1.82, 2.24) is 9.97 Å². The van der Waals surface area contributed by atoms with Crippen LogP contribution in [0.1, 0.15) is 11.3 Å². The van der Waals surface area contributed by atoms with Gasteiger partial charge in [-0.2, -0.15) is 0 Å². The summed E-state index contributed by atoms with van der Waals surface area (Å²) in [5.74, 6) is 1.41. The Hall–Kier alpha value is -2.63. The highest BCUT2D eigenvalue weighted by atomic mass is 79.9. The van der Waals surface area contributed by atoms with E-state index in [-0.39, 0.29) is 12.4 Å². The summed E-state index contributed by atoms with van der Waals surface area (Å²) >= 11 is 3.45. The summed E-state index contributed by atoms with van der Waals surface area (Å²) in [6.45, 7) is 0. The van der Waals surface area contributed by atoms with Gasteiger partial charge in [-0.3, -0.25) is 0 Å². The van der Waals surface area contributed by atoms with E-state index in [1.165, 1.54) is 0 Å². The first-order valence-corrected chi connectivity index (χ1v) is 8.56. The Morgan fingerprint density at radius 2 is 1.85 bits per heavy atom. The Morgan fingerprint density at radius 1 is 1.00 bits per heavy atom. The highest BCUT2D eigenvalue weighted by Gasteiger charge is 2.01. The van der Waals surface area contributed by atoms with Gasteiger partial charge in [0.1, 0.15) is 5.76 Å². The van der Waals surface area contributed by atoms with E-state index in [9.17, 15) is 0 Å². The summed E-state index contributed by atoms with van der Waals surface area (Å²) in [7, 11) is 0. The average Bonchev–Trinajstić information content (AvgIpc) is 3.15. The average molecular weight is 429 g/mol. The van der Waals surface area contributed by atoms with Gasteiger partial charge in [0.25, 0.3) is 0 Å². The highest BCUT2D eigenvalue weighted by molar-refractivity contribution is 9.10. The first-order chi connectivity index (χ1) is 12.3. The van der Waals surface area contributed by atoms with Gasteiger partial charge in [0, 0.05) is 21.7 Å². The molecule has 0 radical (unpaired) electrons. The molecule has 2 aromatic heterocycles. The molecule has 0 fully saturated rings. The van der Waals surface area contributed by atoms with E-state index >= 15 is 0 Å². The molecule has 0 aliphatic carbocycles. The predicted octanol–water partition coefficient (Wildman–Crippen LogP) is 6.32. The molecule has 0 amide bonds. The second kappa shape index (κ2) is 8.17. The molecule has 4 nitrogen and oxygen atoms in total. The Kier molecular flexibility index (Phi) is 5.71. The van der Waals surface area contributed by atoms with Crippen molar-refractivity contribution in [3.8, 4) is 0 Å². The first kappa shape index (κ1) is 18.2. The van der Waals surface area contributed by atoms with Crippen LogP contribution in [-0.4, -0.2) is 9.97 Å². The first-order valence-electron chi connectivity index (χ1n) is 7.77. The highest BCUT2D eigenvalue weighted by Crippen LogP contribution is 2.20.